The third-order valence-corrected chi connectivity index (χ3v) is 3.97. The van der Waals surface area contributed by atoms with E-state index < -0.39 is 5.60 Å². The molecule has 1 fully saturated rings. The predicted octanol–water partition coefficient (Wildman–Crippen LogP) is 3.20. The Balaban J connectivity index is 2.27. The number of aryl methyl sites for hydroxylation is 1. The van der Waals surface area contributed by atoms with Gasteiger partial charge in [-0.1, -0.05) is 23.7 Å². The van der Waals surface area contributed by atoms with Crippen molar-refractivity contribution in [1.82, 2.24) is 4.57 Å². The van der Waals surface area contributed by atoms with Crippen LogP contribution in [-0.4, -0.2) is 9.67 Å². The topological polar surface area (TPSA) is 25.2 Å². The van der Waals surface area contributed by atoms with Crippen molar-refractivity contribution in [3.05, 3.63) is 35.0 Å². The first kappa shape index (κ1) is 10.2. The molecule has 1 aliphatic rings. The summed E-state index contributed by atoms with van der Waals surface area (Å²) in [5.74, 6) is 0. The van der Waals surface area contributed by atoms with Crippen LogP contribution in [-0.2, 0) is 12.6 Å². The van der Waals surface area contributed by atoms with E-state index in [9.17, 15) is 5.11 Å². The minimum absolute atomic E-state index is 0.628. The van der Waals surface area contributed by atoms with Crippen LogP contribution in [0.2, 0.25) is 5.02 Å². The third-order valence-electron chi connectivity index (χ3n) is 3.66. The van der Waals surface area contributed by atoms with Crippen LogP contribution >= 0.6 is 11.6 Å². The fraction of sp³-hybridized carbons (Fsp3) is 0.385. The van der Waals surface area contributed by atoms with Gasteiger partial charge in [0.05, 0.1) is 16.2 Å². The molecule has 1 aromatic carbocycles. The zero-order valence-corrected chi connectivity index (χ0v) is 9.96. The Bertz CT molecular complexity index is 554. The molecule has 3 rings (SSSR count). The van der Waals surface area contributed by atoms with Gasteiger partial charge in [0.1, 0.15) is 5.60 Å². The van der Waals surface area contributed by atoms with Crippen molar-refractivity contribution in [2.45, 2.75) is 24.9 Å². The lowest BCUT2D eigenvalue weighted by atomic mass is 9.78. The van der Waals surface area contributed by atoms with E-state index in [1.54, 1.807) is 0 Å². The first-order valence-corrected chi connectivity index (χ1v) is 5.96. The van der Waals surface area contributed by atoms with Crippen LogP contribution in [0.4, 0.5) is 0 Å². The van der Waals surface area contributed by atoms with E-state index >= 15 is 0 Å². The Kier molecular flexibility index (Phi) is 2.07. The molecule has 0 amide bonds. The maximum Gasteiger partial charge on any atom is 0.105 e. The zero-order valence-electron chi connectivity index (χ0n) is 9.20. The molecule has 1 saturated carbocycles. The lowest BCUT2D eigenvalue weighted by molar-refractivity contribution is -0.0445. The molecule has 3 heteroatoms. The van der Waals surface area contributed by atoms with Crippen molar-refractivity contribution in [2.24, 2.45) is 7.05 Å². The quantitative estimate of drug-likeness (QED) is 0.807. The van der Waals surface area contributed by atoms with Crippen LogP contribution in [0.25, 0.3) is 10.9 Å². The van der Waals surface area contributed by atoms with E-state index in [2.05, 4.69) is 6.07 Å². The maximum atomic E-state index is 10.4. The summed E-state index contributed by atoms with van der Waals surface area (Å²) in [6, 6.07) is 7.92. The molecule has 1 heterocycles. The molecule has 1 aromatic heterocycles. The average molecular weight is 236 g/mol. The Labute approximate surface area is 99.4 Å². The second kappa shape index (κ2) is 3.25. The number of nitrogens with zero attached hydrogens (tertiary/aromatic N) is 1. The Morgan fingerprint density at radius 2 is 2.12 bits per heavy atom. The van der Waals surface area contributed by atoms with E-state index in [-0.39, 0.29) is 0 Å². The summed E-state index contributed by atoms with van der Waals surface area (Å²) in [5.41, 5.74) is 1.37. The highest BCUT2D eigenvalue weighted by molar-refractivity contribution is 6.35. The van der Waals surface area contributed by atoms with Gasteiger partial charge in [-0.3, -0.25) is 0 Å². The minimum Gasteiger partial charge on any atom is -0.384 e. The molecule has 2 aromatic rings. The van der Waals surface area contributed by atoms with Crippen molar-refractivity contribution >= 4 is 22.5 Å². The molecular formula is C13H14ClNO. The first-order valence-electron chi connectivity index (χ1n) is 5.59. The highest BCUT2D eigenvalue weighted by atomic mass is 35.5. The van der Waals surface area contributed by atoms with E-state index in [0.717, 1.165) is 40.9 Å². The second-order valence-electron chi connectivity index (χ2n) is 4.65. The molecule has 1 aliphatic carbocycles. The highest BCUT2D eigenvalue weighted by Gasteiger charge is 2.38. The molecular weight excluding hydrogens is 222 g/mol. The summed E-state index contributed by atoms with van der Waals surface area (Å²) >= 11 is 6.18. The van der Waals surface area contributed by atoms with E-state index in [0.29, 0.717) is 0 Å². The number of benzene rings is 1. The predicted molar refractivity (Wildman–Crippen MR) is 65.7 cm³/mol. The van der Waals surface area contributed by atoms with Crippen LogP contribution in [0.1, 0.15) is 25.0 Å². The SMILES string of the molecule is Cn1c(C2(O)CCC2)cc2cccc(Cl)c21. The Morgan fingerprint density at radius 1 is 1.38 bits per heavy atom. The average Bonchev–Trinajstić information content (AvgIpc) is 2.54. The molecule has 0 bridgehead atoms. The van der Waals surface area contributed by atoms with Crippen LogP contribution < -0.4 is 0 Å². The molecule has 2 nitrogen and oxygen atoms in total. The number of aliphatic hydroxyl groups is 1. The van der Waals surface area contributed by atoms with Gasteiger partial charge >= 0.3 is 0 Å². The van der Waals surface area contributed by atoms with Crippen molar-refractivity contribution in [3.8, 4) is 0 Å². The lowest BCUT2D eigenvalue weighted by Gasteiger charge is -2.37. The van der Waals surface area contributed by atoms with Crippen LogP contribution in [0.15, 0.2) is 24.3 Å². The number of aromatic nitrogens is 1. The van der Waals surface area contributed by atoms with Crippen molar-refractivity contribution < 1.29 is 5.11 Å². The number of para-hydroxylation sites is 1. The molecule has 0 unspecified atom stereocenters. The summed E-state index contributed by atoms with van der Waals surface area (Å²) in [7, 11) is 1.97. The van der Waals surface area contributed by atoms with E-state index in [4.69, 9.17) is 11.6 Å². The van der Waals surface area contributed by atoms with Gasteiger partial charge in [-0.05, 0) is 31.4 Å². The molecule has 0 aliphatic heterocycles. The number of rotatable bonds is 1. The molecule has 1 N–H and O–H groups in total. The van der Waals surface area contributed by atoms with Gasteiger partial charge in [0.15, 0.2) is 0 Å². The molecule has 84 valence electrons. The normalized spacial score (nSPS) is 18.7. The summed E-state index contributed by atoms with van der Waals surface area (Å²) in [6.07, 6.45) is 2.81. The van der Waals surface area contributed by atoms with Gasteiger partial charge in [-0.15, -0.1) is 0 Å². The largest absolute Gasteiger partial charge is 0.384 e. The fourth-order valence-electron chi connectivity index (χ4n) is 2.58. The number of hydrogen-bond donors (Lipinski definition) is 1. The highest BCUT2D eigenvalue weighted by Crippen LogP contribution is 2.43. The Hall–Kier alpha value is -0.990. The van der Waals surface area contributed by atoms with E-state index in [1.807, 2.05) is 29.8 Å². The van der Waals surface area contributed by atoms with Crippen molar-refractivity contribution in [1.29, 1.82) is 0 Å². The monoisotopic (exact) mass is 235 g/mol. The zero-order chi connectivity index (χ0) is 11.3. The summed E-state index contributed by atoms with van der Waals surface area (Å²) in [4.78, 5) is 0. The molecule has 0 atom stereocenters. The molecule has 0 saturated heterocycles. The maximum absolute atomic E-state index is 10.4. The molecule has 0 spiro atoms. The summed E-state index contributed by atoms with van der Waals surface area (Å²) < 4.78 is 2.02. The molecule has 0 radical (unpaired) electrons. The van der Waals surface area contributed by atoms with Crippen molar-refractivity contribution in [3.63, 3.8) is 0 Å². The lowest BCUT2D eigenvalue weighted by Crippen LogP contribution is -2.35. The minimum atomic E-state index is -0.628. The van der Waals surface area contributed by atoms with Crippen LogP contribution in [0.5, 0.6) is 0 Å². The smallest absolute Gasteiger partial charge is 0.105 e. The van der Waals surface area contributed by atoms with Gasteiger partial charge in [-0.25, -0.2) is 0 Å². The van der Waals surface area contributed by atoms with Crippen LogP contribution in [0, 0.1) is 0 Å². The third kappa shape index (κ3) is 1.23. The van der Waals surface area contributed by atoms with Gasteiger partial charge in [0.2, 0.25) is 0 Å². The number of halogens is 1. The van der Waals surface area contributed by atoms with Gasteiger partial charge in [0.25, 0.3) is 0 Å². The first-order chi connectivity index (χ1) is 7.62. The van der Waals surface area contributed by atoms with Gasteiger partial charge in [-0.2, -0.15) is 0 Å². The molecule has 16 heavy (non-hydrogen) atoms. The van der Waals surface area contributed by atoms with Gasteiger partial charge < -0.3 is 9.67 Å². The van der Waals surface area contributed by atoms with E-state index in [1.165, 1.54) is 0 Å². The number of hydrogen-bond acceptors (Lipinski definition) is 1. The van der Waals surface area contributed by atoms with Gasteiger partial charge in [0, 0.05) is 12.4 Å². The summed E-state index contributed by atoms with van der Waals surface area (Å²) in [6.45, 7) is 0. The Morgan fingerprint density at radius 3 is 2.69 bits per heavy atom. The van der Waals surface area contributed by atoms with Crippen LogP contribution in [0.3, 0.4) is 0 Å². The standard InChI is InChI=1S/C13H14ClNO/c1-15-11(13(16)6-3-7-13)8-9-4-2-5-10(14)12(9)15/h2,4-5,8,16H,3,6-7H2,1H3. The number of fused-ring (bicyclic) bond motifs is 1. The van der Waals surface area contributed by atoms with Crippen molar-refractivity contribution in [2.75, 3.05) is 0 Å². The summed E-state index contributed by atoms with van der Waals surface area (Å²) in [5, 5.41) is 12.2. The fourth-order valence-corrected chi connectivity index (χ4v) is 2.89. The second-order valence-corrected chi connectivity index (χ2v) is 5.06.